The summed E-state index contributed by atoms with van der Waals surface area (Å²) < 4.78 is 19.2. The predicted molar refractivity (Wildman–Crippen MR) is 107 cm³/mol. The number of hydrogen-bond acceptors (Lipinski definition) is 3. The quantitative estimate of drug-likeness (QED) is 0.515. The maximum absolute atomic E-state index is 13.3. The SMILES string of the molecule is C=C(C)C#N.C=CC1=C(C=C)C(C)O/C1=C(/C(C)=O)c1ccc(F)cc1C. The van der Waals surface area contributed by atoms with E-state index in [0.29, 0.717) is 28.0 Å². The van der Waals surface area contributed by atoms with Crippen LogP contribution in [0.5, 0.6) is 0 Å². The molecule has 1 aliphatic heterocycles. The molecule has 0 bridgehead atoms. The summed E-state index contributed by atoms with van der Waals surface area (Å²) in [4.78, 5) is 12.2. The van der Waals surface area contributed by atoms with Crippen LogP contribution in [0.15, 0.2) is 72.6 Å². The number of ketones is 1. The van der Waals surface area contributed by atoms with E-state index in [1.54, 1.807) is 32.1 Å². The van der Waals surface area contributed by atoms with Crippen molar-refractivity contribution < 1.29 is 13.9 Å². The zero-order valence-corrected chi connectivity index (χ0v) is 16.2. The number of ether oxygens (including phenoxy) is 1. The van der Waals surface area contributed by atoms with Crippen molar-refractivity contribution in [2.45, 2.75) is 33.8 Å². The molecule has 1 atom stereocenters. The summed E-state index contributed by atoms with van der Waals surface area (Å²) in [5.41, 5.74) is 4.01. The molecule has 1 aliphatic rings. The molecule has 0 saturated heterocycles. The van der Waals surface area contributed by atoms with Crippen LogP contribution in [-0.4, -0.2) is 11.9 Å². The van der Waals surface area contributed by atoms with Crippen LogP contribution >= 0.6 is 0 Å². The fourth-order valence-electron chi connectivity index (χ4n) is 2.71. The van der Waals surface area contributed by atoms with E-state index in [4.69, 9.17) is 10.00 Å². The minimum absolute atomic E-state index is 0.137. The van der Waals surface area contributed by atoms with Gasteiger partial charge in [0.25, 0.3) is 0 Å². The van der Waals surface area contributed by atoms with E-state index < -0.39 is 0 Å². The molecule has 0 saturated carbocycles. The van der Waals surface area contributed by atoms with E-state index in [9.17, 15) is 9.18 Å². The van der Waals surface area contributed by atoms with Crippen LogP contribution in [-0.2, 0) is 9.53 Å². The van der Waals surface area contributed by atoms with Crippen molar-refractivity contribution in [1.29, 1.82) is 5.26 Å². The van der Waals surface area contributed by atoms with Gasteiger partial charge in [-0.25, -0.2) is 4.39 Å². The smallest absolute Gasteiger partial charge is 0.164 e. The Morgan fingerprint density at radius 2 is 1.89 bits per heavy atom. The van der Waals surface area contributed by atoms with Gasteiger partial charge in [0.05, 0.1) is 11.6 Å². The molecule has 140 valence electrons. The summed E-state index contributed by atoms with van der Waals surface area (Å²) in [5.74, 6) is 0.0160. The molecule has 1 aromatic carbocycles. The third-order valence-electron chi connectivity index (χ3n) is 3.94. The number of Topliss-reactive ketones (excluding diaryl/α,β-unsaturated/α-hetero) is 1. The van der Waals surface area contributed by atoms with Gasteiger partial charge in [-0.1, -0.05) is 38.0 Å². The van der Waals surface area contributed by atoms with E-state index in [2.05, 4.69) is 19.7 Å². The van der Waals surface area contributed by atoms with Crippen LogP contribution in [0.4, 0.5) is 4.39 Å². The van der Waals surface area contributed by atoms with Crippen molar-refractivity contribution in [2.75, 3.05) is 0 Å². The number of halogens is 1. The zero-order chi connectivity index (χ0) is 20.7. The van der Waals surface area contributed by atoms with Crippen LogP contribution in [0, 0.1) is 24.1 Å². The van der Waals surface area contributed by atoms with E-state index in [-0.39, 0.29) is 17.7 Å². The van der Waals surface area contributed by atoms with Gasteiger partial charge in [-0.2, -0.15) is 5.26 Å². The van der Waals surface area contributed by atoms with Gasteiger partial charge in [0.1, 0.15) is 17.7 Å². The highest BCUT2D eigenvalue weighted by atomic mass is 19.1. The number of nitriles is 1. The Labute approximate surface area is 160 Å². The Balaban J connectivity index is 0.000000646. The largest absolute Gasteiger partial charge is 0.485 e. The van der Waals surface area contributed by atoms with Gasteiger partial charge in [0.15, 0.2) is 5.78 Å². The van der Waals surface area contributed by atoms with Gasteiger partial charge in [-0.3, -0.25) is 4.79 Å². The fraction of sp³-hybridized carbons (Fsp3) is 0.217. The summed E-state index contributed by atoms with van der Waals surface area (Å²) in [5, 5.41) is 7.79. The fourth-order valence-corrected chi connectivity index (χ4v) is 2.71. The first-order chi connectivity index (χ1) is 12.7. The predicted octanol–water partition coefficient (Wildman–Crippen LogP) is 5.61. The monoisotopic (exact) mass is 365 g/mol. The molecule has 2 rings (SSSR count). The Hall–Kier alpha value is -3.19. The summed E-state index contributed by atoms with van der Waals surface area (Å²) >= 11 is 0. The second kappa shape index (κ2) is 9.49. The third kappa shape index (κ3) is 5.15. The maximum atomic E-state index is 13.3. The molecule has 27 heavy (non-hydrogen) atoms. The first-order valence-electron chi connectivity index (χ1n) is 8.41. The van der Waals surface area contributed by atoms with Crippen molar-refractivity contribution in [3.63, 3.8) is 0 Å². The Morgan fingerprint density at radius 3 is 2.30 bits per heavy atom. The average Bonchev–Trinajstić information content (AvgIpc) is 2.92. The molecular formula is C23H24FNO2. The first kappa shape index (κ1) is 21.9. The highest BCUT2D eigenvalue weighted by Crippen LogP contribution is 2.37. The average molecular weight is 365 g/mol. The van der Waals surface area contributed by atoms with Crippen molar-refractivity contribution in [3.8, 4) is 6.07 Å². The number of nitrogens with zero attached hydrogens (tertiary/aromatic N) is 1. The normalized spacial score (nSPS) is 17.1. The third-order valence-corrected chi connectivity index (χ3v) is 3.94. The number of rotatable bonds is 4. The van der Waals surface area contributed by atoms with Crippen LogP contribution in [0.2, 0.25) is 0 Å². The van der Waals surface area contributed by atoms with E-state index in [0.717, 1.165) is 11.1 Å². The van der Waals surface area contributed by atoms with E-state index >= 15 is 0 Å². The molecule has 1 unspecified atom stereocenters. The van der Waals surface area contributed by atoms with Crippen molar-refractivity contribution in [2.24, 2.45) is 0 Å². The van der Waals surface area contributed by atoms with Gasteiger partial charge < -0.3 is 4.74 Å². The number of allylic oxidation sites excluding steroid dienone is 3. The second-order valence-corrected chi connectivity index (χ2v) is 6.15. The van der Waals surface area contributed by atoms with Crippen LogP contribution < -0.4 is 0 Å². The Bertz CT molecular complexity index is 897. The molecule has 1 heterocycles. The molecule has 0 amide bonds. The van der Waals surface area contributed by atoms with Gasteiger partial charge in [0.2, 0.25) is 0 Å². The minimum Gasteiger partial charge on any atom is -0.485 e. The number of benzene rings is 1. The molecule has 3 nitrogen and oxygen atoms in total. The topological polar surface area (TPSA) is 50.1 Å². The molecule has 0 aliphatic carbocycles. The standard InChI is InChI=1S/C19H19FO2.C4H5N/c1-6-15-13(5)22-19(16(15)7-2)18(12(4)21)17-9-8-14(20)10-11(17)3;1-4(2)3-5/h6-10,13H,1-2H2,3-5H3;1H2,2H3/b19-18-;. The Kier molecular flexibility index (Phi) is 7.68. The summed E-state index contributed by atoms with van der Waals surface area (Å²) in [6, 6.07) is 6.19. The highest BCUT2D eigenvalue weighted by Gasteiger charge is 2.29. The maximum Gasteiger partial charge on any atom is 0.164 e. The van der Waals surface area contributed by atoms with Gasteiger partial charge in [0, 0.05) is 16.7 Å². The number of aryl methyl sites for hydroxylation is 1. The molecule has 0 spiro atoms. The van der Waals surface area contributed by atoms with Crippen LogP contribution in [0.25, 0.3) is 5.57 Å². The molecule has 0 fully saturated rings. The molecule has 0 N–H and O–H groups in total. The molecule has 0 radical (unpaired) electrons. The van der Waals surface area contributed by atoms with Gasteiger partial charge in [-0.15, -0.1) is 0 Å². The molecule has 1 aromatic rings. The van der Waals surface area contributed by atoms with E-state index in [1.165, 1.54) is 19.1 Å². The van der Waals surface area contributed by atoms with Crippen LogP contribution in [0.3, 0.4) is 0 Å². The minimum atomic E-state index is -0.332. The second-order valence-electron chi connectivity index (χ2n) is 6.15. The van der Waals surface area contributed by atoms with Gasteiger partial charge >= 0.3 is 0 Å². The first-order valence-corrected chi connectivity index (χ1v) is 8.41. The number of carbonyl (C=O) groups excluding carboxylic acids is 1. The zero-order valence-electron chi connectivity index (χ0n) is 16.2. The molecule has 4 heteroatoms. The number of hydrogen-bond donors (Lipinski definition) is 0. The van der Waals surface area contributed by atoms with Gasteiger partial charge in [-0.05, 0) is 51.0 Å². The molecule has 0 aromatic heterocycles. The lowest BCUT2D eigenvalue weighted by Crippen LogP contribution is -2.06. The lowest BCUT2D eigenvalue weighted by Gasteiger charge is -2.14. The van der Waals surface area contributed by atoms with E-state index in [1.807, 2.05) is 13.0 Å². The van der Waals surface area contributed by atoms with Crippen molar-refractivity contribution >= 4 is 11.4 Å². The van der Waals surface area contributed by atoms with Crippen molar-refractivity contribution in [3.05, 3.63) is 89.5 Å². The molecular weight excluding hydrogens is 341 g/mol. The lowest BCUT2D eigenvalue weighted by molar-refractivity contribution is -0.111. The van der Waals surface area contributed by atoms with Crippen molar-refractivity contribution in [1.82, 2.24) is 0 Å². The lowest BCUT2D eigenvalue weighted by atomic mass is 9.93. The number of carbonyl (C=O) groups is 1. The Morgan fingerprint density at radius 1 is 1.30 bits per heavy atom. The summed E-state index contributed by atoms with van der Waals surface area (Å²) in [6.07, 6.45) is 3.18. The summed E-state index contributed by atoms with van der Waals surface area (Å²) in [6.45, 7) is 17.7. The summed E-state index contributed by atoms with van der Waals surface area (Å²) in [7, 11) is 0. The highest BCUT2D eigenvalue weighted by molar-refractivity contribution is 6.21. The van der Waals surface area contributed by atoms with Crippen LogP contribution in [0.1, 0.15) is 31.9 Å².